The lowest BCUT2D eigenvalue weighted by molar-refractivity contribution is 0.481. The summed E-state index contributed by atoms with van der Waals surface area (Å²) in [4.78, 5) is 4.44. The van der Waals surface area contributed by atoms with Gasteiger partial charge in [0.2, 0.25) is 0 Å². The maximum atomic E-state index is 12.4. The molecule has 0 aromatic carbocycles. The van der Waals surface area contributed by atoms with Crippen LogP contribution in [0.3, 0.4) is 0 Å². The lowest BCUT2D eigenvalue weighted by Gasteiger charge is -2.16. The number of nitrogens with zero attached hydrogens (tertiary/aromatic N) is 3. The van der Waals surface area contributed by atoms with Gasteiger partial charge in [0, 0.05) is 31.4 Å². The van der Waals surface area contributed by atoms with Gasteiger partial charge in [0.05, 0.1) is 5.75 Å². The van der Waals surface area contributed by atoms with Gasteiger partial charge in [0.25, 0.3) is 10.0 Å². The highest BCUT2D eigenvalue weighted by atomic mass is 32.2. The third-order valence-corrected chi connectivity index (χ3v) is 6.25. The van der Waals surface area contributed by atoms with Gasteiger partial charge in [-0.25, -0.2) is 21.8 Å². The zero-order chi connectivity index (χ0) is 15.1. The smallest absolute Gasteiger partial charge is 0.262 e. The van der Waals surface area contributed by atoms with Crippen LogP contribution in [-0.4, -0.2) is 56.1 Å². The number of anilines is 1. The van der Waals surface area contributed by atoms with E-state index in [0.29, 0.717) is 4.96 Å². The van der Waals surface area contributed by atoms with Crippen molar-refractivity contribution in [3.63, 3.8) is 0 Å². The van der Waals surface area contributed by atoms with Gasteiger partial charge in [-0.1, -0.05) is 0 Å². The van der Waals surface area contributed by atoms with Crippen molar-refractivity contribution in [2.45, 2.75) is 5.03 Å². The lowest BCUT2D eigenvalue weighted by atomic mass is 10.8. The molecule has 2 heterocycles. The van der Waals surface area contributed by atoms with E-state index in [9.17, 15) is 16.8 Å². The largest absolute Gasteiger partial charge is 0.381 e. The second kappa shape index (κ2) is 4.98. The maximum absolute atomic E-state index is 12.4. The van der Waals surface area contributed by atoms with Crippen molar-refractivity contribution in [1.82, 2.24) is 13.7 Å². The van der Waals surface area contributed by atoms with Crippen LogP contribution in [0.2, 0.25) is 0 Å². The number of hydrogen-bond acceptors (Lipinski definition) is 7. The predicted molar refractivity (Wildman–Crippen MR) is 77.0 cm³/mol. The van der Waals surface area contributed by atoms with Gasteiger partial charge in [0.1, 0.15) is 9.84 Å². The summed E-state index contributed by atoms with van der Waals surface area (Å²) in [6.45, 7) is -0.141. The zero-order valence-electron chi connectivity index (χ0n) is 10.8. The third kappa shape index (κ3) is 2.80. The summed E-state index contributed by atoms with van der Waals surface area (Å²) in [5.74, 6) is -0.350. The van der Waals surface area contributed by atoms with E-state index in [1.807, 2.05) is 0 Å². The average Bonchev–Trinajstić information content (AvgIpc) is 2.83. The van der Waals surface area contributed by atoms with E-state index >= 15 is 0 Å². The molecule has 0 saturated heterocycles. The SMILES string of the molecule is CN(CCS(C)(=O)=O)S(=O)(=O)c1c(N)nc2sccn12. The van der Waals surface area contributed by atoms with Gasteiger partial charge in [0.15, 0.2) is 15.8 Å². The Kier molecular flexibility index (Phi) is 3.79. The number of nitrogen functional groups attached to an aromatic ring is 1. The number of rotatable bonds is 5. The number of nitrogens with two attached hydrogens (primary N) is 1. The molecule has 0 aliphatic rings. The molecule has 0 aliphatic carbocycles. The molecule has 0 amide bonds. The Morgan fingerprint density at radius 1 is 1.40 bits per heavy atom. The topological polar surface area (TPSA) is 115 Å². The van der Waals surface area contributed by atoms with Crippen LogP contribution in [-0.2, 0) is 19.9 Å². The molecule has 2 aromatic heterocycles. The summed E-state index contributed by atoms with van der Waals surface area (Å²) in [5.41, 5.74) is 5.65. The molecule has 0 atom stereocenters. The fraction of sp³-hybridized carbons (Fsp3) is 0.444. The molecule has 2 rings (SSSR count). The summed E-state index contributed by atoms with van der Waals surface area (Å²) in [5, 5.41) is 1.56. The first-order valence-corrected chi connectivity index (χ1v) is 9.86. The van der Waals surface area contributed by atoms with Crippen molar-refractivity contribution in [1.29, 1.82) is 0 Å². The van der Waals surface area contributed by atoms with E-state index in [0.717, 1.165) is 10.6 Å². The molecule has 2 aromatic rings. The highest BCUT2D eigenvalue weighted by Crippen LogP contribution is 2.25. The van der Waals surface area contributed by atoms with Gasteiger partial charge in [-0.2, -0.15) is 4.31 Å². The van der Waals surface area contributed by atoms with Gasteiger partial charge in [-0.05, 0) is 0 Å². The van der Waals surface area contributed by atoms with Crippen LogP contribution in [0, 0.1) is 0 Å². The molecule has 8 nitrogen and oxygen atoms in total. The van der Waals surface area contributed by atoms with Gasteiger partial charge >= 0.3 is 0 Å². The van der Waals surface area contributed by atoms with E-state index in [1.54, 1.807) is 11.6 Å². The molecule has 0 radical (unpaired) electrons. The number of aromatic nitrogens is 2. The standard InChI is InChI=1S/C9H14N4O4S3/c1-12(4-6-19(2,14)15)20(16,17)8-7(10)11-9-13(8)3-5-18-9/h3,5H,4,6,10H2,1-2H3. The first kappa shape index (κ1) is 15.2. The first-order chi connectivity index (χ1) is 9.13. The predicted octanol–water partition coefficient (Wildman–Crippen LogP) is -0.357. The number of fused-ring (bicyclic) bond motifs is 1. The fourth-order valence-electron chi connectivity index (χ4n) is 1.60. The molecule has 0 unspecified atom stereocenters. The highest BCUT2D eigenvalue weighted by Gasteiger charge is 2.29. The van der Waals surface area contributed by atoms with Crippen molar-refractivity contribution < 1.29 is 16.8 Å². The zero-order valence-corrected chi connectivity index (χ0v) is 13.3. The quantitative estimate of drug-likeness (QED) is 0.796. The summed E-state index contributed by atoms with van der Waals surface area (Å²) in [6, 6.07) is 0. The Morgan fingerprint density at radius 3 is 2.65 bits per heavy atom. The van der Waals surface area contributed by atoms with Crippen molar-refractivity contribution >= 4 is 42.0 Å². The Balaban J connectivity index is 2.39. The highest BCUT2D eigenvalue weighted by molar-refractivity contribution is 7.91. The van der Waals surface area contributed by atoms with Crippen molar-refractivity contribution in [3.05, 3.63) is 11.6 Å². The van der Waals surface area contributed by atoms with Crippen LogP contribution < -0.4 is 5.73 Å². The van der Waals surface area contributed by atoms with Crippen molar-refractivity contribution in [3.8, 4) is 0 Å². The number of imidazole rings is 1. The van der Waals surface area contributed by atoms with Crippen LogP contribution in [0.4, 0.5) is 5.82 Å². The minimum atomic E-state index is -3.89. The van der Waals surface area contributed by atoms with E-state index < -0.39 is 19.9 Å². The number of hydrogen-bond donors (Lipinski definition) is 1. The number of sulfone groups is 1. The fourth-order valence-corrected chi connectivity index (χ4v) is 4.43. The summed E-state index contributed by atoms with van der Waals surface area (Å²) >= 11 is 1.26. The van der Waals surface area contributed by atoms with Gasteiger partial charge in [-0.15, -0.1) is 11.3 Å². The molecule has 0 aliphatic heterocycles. The molecule has 2 N–H and O–H groups in total. The number of thiazole rings is 1. The van der Waals surface area contributed by atoms with E-state index in [2.05, 4.69) is 4.98 Å². The third-order valence-electron chi connectivity index (χ3n) is 2.68. The second-order valence-corrected chi connectivity index (χ2v) is 9.41. The monoisotopic (exact) mass is 338 g/mol. The van der Waals surface area contributed by atoms with Gasteiger partial charge < -0.3 is 5.73 Å². The van der Waals surface area contributed by atoms with Crippen LogP contribution in [0.1, 0.15) is 0 Å². The molecular weight excluding hydrogens is 324 g/mol. The van der Waals surface area contributed by atoms with Crippen LogP contribution in [0.5, 0.6) is 0 Å². The molecular formula is C9H14N4O4S3. The van der Waals surface area contributed by atoms with Crippen molar-refractivity contribution in [2.24, 2.45) is 0 Å². The maximum Gasteiger partial charge on any atom is 0.262 e. The molecule has 112 valence electrons. The second-order valence-electron chi connectivity index (χ2n) is 4.31. The molecule has 20 heavy (non-hydrogen) atoms. The van der Waals surface area contributed by atoms with Crippen LogP contribution in [0.15, 0.2) is 16.6 Å². The van der Waals surface area contributed by atoms with Crippen molar-refractivity contribution in [2.75, 3.05) is 31.3 Å². The Bertz CT molecular complexity index is 834. The van der Waals surface area contributed by atoms with E-state index in [4.69, 9.17) is 5.73 Å². The lowest BCUT2D eigenvalue weighted by Crippen LogP contribution is -2.32. The van der Waals surface area contributed by atoms with E-state index in [1.165, 1.54) is 22.8 Å². The van der Waals surface area contributed by atoms with E-state index in [-0.39, 0.29) is 23.1 Å². The Labute approximate surface area is 120 Å². The summed E-state index contributed by atoms with van der Waals surface area (Å²) < 4.78 is 49.5. The summed E-state index contributed by atoms with van der Waals surface area (Å²) in [7, 11) is -5.83. The molecule has 0 fully saturated rings. The summed E-state index contributed by atoms with van der Waals surface area (Å²) in [6.07, 6.45) is 2.61. The molecule has 0 spiro atoms. The average molecular weight is 338 g/mol. The normalized spacial score (nSPS) is 13.3. The molecule has 0 bridgehead atoms. The van der Waals surface area contributed by atoms with Crippen LogP contribution in [0.25, 0.3) is 4.96 Å². The van der Waals surface area contributed by atoms with Gasteiger partial charge in [-0.3, -0.25) is 4.40 Å². The molecule has 11 heteroatoms. The van der Waals surface area contributed by atoms with Crippen LogP contribution >= 0.6 is 11.3 Å². The number of sulfonamides is 1. The first-order valence-electron chi connectivity index (χ1n) is 5.48. The minimum Gasteiger partial charge on any atom is -0.381 e. The Hall–Kier alpha value is -1.17. The minimum absolute atomic E-state index is 0.0944. The Morgan fingerprint density at radius 2 is 2.05 bits per heavy atom. The molecule has 0 saturated carbocycles.